The lowest BCUT2D eigenvalue weighted by Gasteiger charge is -2.23. The van der Waals surface area contributed by atoms with E-state index in [0.717, 1.165) is 6.42 Å². The number of amides is 1. The van der Waals surface area contributed by atoms with Crippen molar-refractivity contribution in [3.63, 3.8) is 0 Å². The fourth-order valence-electron chi connectivity index (χ4n) is 3.08. The van der Waals surface area contributed by atoms with Gasteiger partial charge in [-0.15, -0.1) is 0 Å². The van der Waals surface area contributed by atoms with Gasteiger partial charge in [0.05, 0.1) is 12.2 Å². The van der Waals surface area contributed by atoms with Gasteiger partial charge in [0, 0.05) is 32.0 Å². The fourth-order valence-corrected chi connectivity index (χ4v) is 3.08. The van der Waals surface area contributed by atoms with Gasteiger partial charge in [0.2, 0.25) is 11.7 Å². The molecule has 0 bridgehead atoms. The molecule has 25 heavy (non-hydrogen) atoms. The number of aromatic nitrogens is 3. The van der Waals surface area contributed by atoms with Crippen molar-refractivity contribution in [1.29, 1.82) is 0 Å². The molecule has 0 aromatic carbocycles. The molecular weight excluding hydrogens is 322 g/mol. The number of likely N-dealkylation sites (N-methyl/N-ethyl adjacent to an activating group) is 1. The van der Waals surface area contributed by atoms with Gasteiger partial charge in [0.1, 0.15) is 0 Å². The highest BCUT2D eigenvalue weighted by Gasteiger charge is 2.32. The van der Waals surface area contributed by atoms with E-state index in [-0.39, 0.29) is 17.9 Å². The number of aryl methyl sites for hydroxylation is 2. The first-order valence-electron chi connectivity index (χ1n) is 8.61. The maximum Gasteiger partial charge on any atom is 0.291 e. The lowest BCUT2D eigenvalue weighted by atomic mass is 10.2. The first kappa shape index (κ1) is 17.6. The molecule has 0 radical (unpaired) electrons. The quantitative estimate of drug-likeness (QED) is 0.818. The Hall–Kier alpha value is -2.22. The number of carbonyl (C=O) groups is 1. The number of nitrogens with zero attached hydrogens (tertiary/aromatic N) is 5. The lowest BCUT2D eigenvalue weighted by Crippen LogP contribution is -2.36. The smallest absolute Gasteiger partial charge is 0.291 e. The van der Waals surface area contributed by atoms with Crippen LogP contribution in [0.4, 0.5) is 0 Å². The van der Waals surface area contributed by atoms with Crippen molar-refractivity contribution in [3.8, 4) is 0 Å². The molecule has 0 aliphatic carbocycles. The molecule has 136 valence electrons. The second-order valence-corrected chi connectivity index (χ2v) is 6.96. The van der Waals surface area contributed by atoms with Gasteiger partial charge < -0.3 is 13.8 Å². The minimum atomic E-state index is -0.0874. The highest BCUT2D eigenvalue weighted by molar-refractivity contribution is 5.92. The van der Waals surface area contributed by atoms with Gasteiger partial charge in [-0.3, -0.25) is 9.69 Å². The molecule has 1 amide bonds. The maximum absolute atomic E-state index is 12.6. The Kier molecular flexibility index (Phi) is 4.89. The van der Waals surface area contributed by atoms with Gasteiger partial charge in [-0.25, -0.2) is 4.98 Å². The van der Waals surface area contributed by atoms with E-state index in [1.807, 2.05) is 25.8 Å². The molecular formula is C17H25N5O3. The molecule has 0 N–H and O–H groups in total. The second kappa shape index (κ2) is 6.95. The Bertz CT molecular complexity index is 751. The number of hydrogen-bond donors (Lipinski definition) is 0. The third-order valence-corrected chi connectivity index (χ3v) is 4.54. The van der Waals surface area contributed by atoms with Crippen molar-refractivity contribution in [2.75, 3.05) is 20.1 Å². The third-order valence-electron chi connectivity index (χ3n) is 4.54. The molecule has 8 nitrogen and oxygen atoms in total. The highest BCUT2D eigenvalue weighted by Crippen LogP contribution is 2.21. The zero-order valence-electron chi connectivity index (χ0n) is 15.4. The van der Waals surface area contributed by atoms with Crippen molar-refractivity contribution in [1.82, 2.24) is 24.9 Å². The first-order valence-corrected chi connectivity index (χ1v) is 8.61. The van der Waals surface area contributed by atoms with Crippen LogP contribution in [0.15, 0.2) is 8.94 Å². The van der Waals surface area contributed by atoms with Gasteiger partial charge in [-0.1, -0.05) is 19.0 Å². The zero-order valence-corrected chi connectivity index (χ0v) is 15.4. The van der Waals surface area contributed by atoms with Crippen molar-refractivity contribution < 1.29 is 13.7 Å². The Morgan fingerprint density at radius 1 is 1.36 bits per heavy atom. The minimum Gasteiger partial charge on any atom is -0.436 e. The van der Waals surface area contributed by atoms with E-state index in [2.05, 4.69) is 20.0 Å². The topological polar surface area (TPSA) is 88.5 Å². The summed E-state index contributed by atoms with van der Waals surface area (Å²) in [5.74, 6) is 2.34. The van der Waals surface area contributed by atoms with Crippen molar-refractivity contribution in [2.24, 2.45) is 0 Å². The van der Waals surface area contributed by atoms with Crippen LogP contribution in [0.2, 0.25) is 0 Å². The molecule has 1 unspecified atom stereocenters. The maximum atomic E-state index is 12.6. The van der Waals surface area contributed by atoms with Gasteiger partial charge in [-0.05, 0) is 20.4 Å². The summed E-state index contributed by atoms with van der Waals surface area (Å²) in [6.45, 7) is 9.55. The van der Waals surface area contributed by atoms with E-state index < -0.39 is 0 Å². The van der Waals surface area contributed by atoms with E-state index in [4.69, 9.17) is 8.94 Å². The van der Waals surface area contributed by atoms with Gasteiger partial charge in [0.25, 0.3) is 5.91 Å². The summed E-state index contributed by atoms with van der Waals surface area (Å²) in [5, 5.41) is 4.03. The Balaban J connectivity index is 1.59. The zero-order chi connectivity index (χ0) is 18.1. The molecule has 8 heteroatoms. The van der Waals surface area contributed by atoms with E-state index in [9.17, 15) is 4.79 Å². The predicted octanol–water partition coefficient (Wildman–Crippen LogP) is 2.14. The second-order valence-electron chi connectivity index (χ2n) is 6.96. The van der Waals surface area contributed by atoms with Gasteiger partial charge in [0.15, 0.2) is 11.7 Å². The van der Waals surface area contributed by atoms with Crippen LogP contribution in [0.25, 0.3) is 0 Å². The summed E-state index contributed by atoms with van der Waals surface area (Å²) >= 11 is 0. The summed E-state index contributed by atoms with van der Waals surface area (Å²) in [6.07, 6.45) is 0.906. The van der Waals surface area contributed by atoms with Crippen LogP contribution >= 0.6 is 0 Å². The SMILES string of the molecule is Cc1nc(C)c(C(=O)N2CCC(N(C)Cc3noc(C(C)C)n3)C2)o1. The van der Waals surface area contributed by atoms with Gasteiger partial charge >= 0.3 is 0 Å². The van der Waals surface area contributed by atoms with E-state index >= 15 is 0 Å². The number of rotatable bonds is 5. The minimum absolute atomic E-state index is 0.0874. The summed E-state index contributed by atoms with van der Waals surface area (Å²) < 4.78 is 10.7. The third kappa shape index (κ3) is 3.73. The molecule has 3 heterocycles. The molecule has 1 aliphatic rings. The molecule has 2 aromatic rings. The predicted molar refractivity (Wildman–Crippen MR) is 90.1 cm³/mol. The molecule has 2 aromatic heterocycles. The molecule has 1 fully saturated rings. The summed E-state index contributed by atoms with van der Waals surface area (Å²) in [4.78, 5) is 25.2. The summed E-state index contributed by atoms with van der Waals surface area (Å²) in [7, 11) is 2.02. The average Bonchev–Trinajstić information content (AvgIpc) is 3.26. The van der Waals surface area contributed by atoms with Crippen molar-refractivity contribution >= 4 is 5.91 Å². The van der Waals surface area contributed by atoms with Crippen LogP contribution in [0.1, 0.15) is 60.0 Å². The van der Waals surface area contributed by atoms with Crippen molar-refractivity contribution in [3.05, 3.63) is 29.1 Å². The standard InChI is InChI=1S/C17H25N5O3/c1-10(2)16-19-14(20-25-16)9-21(5)13-6-7-22(8-13)17(23)15-11(3)18-12(4)24-15/h10,13H,6-9H2,1-5H3. The Morgan fingerprint density at radius 2 is 2.12 bits per heavy atom. The monoisotopic (exact) mass is 347 g/mol. The van der Waals surface area contributed by atoms with Crippen LogP contribution in [0.3, 0.4) is 0 Å². The first-order chi connectivity index (χ1) is 11.8. The molecule has 1 aliphatic heterocycles. The lowest BCUT2D eigenvalue weighted by molar-refractivity contribution is 0.0745. The average molecular weight is 347 g/mol. The van der Waals surface area contributed by atoms with Crippen molar-refractivity contribution in [2.45, 2.75) is 52.6 Å². The molecule has 0 saturated carbocycles. The van der Waals surface area contributed by atoms with Crippen LogP contribution < -0.4 is 0 Å². The number of oxazole rings is 1. The van der Waals surface area contributed by atoms with Gasteiger partial charge in [-0.2, -0.15) is 4.98 Å². The number of hydrogen-bond acceptors (Lipinski definition) is 7. The fraction of sp³-hybridized carbons (Fsp3) is 0.647. The largest absolute Gasteiger partial charge is 0.436 e. The summed E-state index contributed by atoms with van der Waals surface area (Å²) in [6, 6.07) is 0.259. The Labute approximate surface area is 147 Å². The number of carbonyl (C=O) groups excluding carboxylic acids is 1. The van der Waals surface area contributed by atoms with Crippen LogP contribution in [0.5, 0.6) is 0 Å². The Morgan fingerprint density at radius 3 is 2.72 bits per heavy atom. The molecule has 1 saturated heterocycles. The molecule has 1 atom stereocenters. The van der Waals surface area contributed by atoms with E-state index in [1.165, 1.54) is 0 Å². The normalized spacial score (nSPS) is 17.9. The molecule has 0 spiro atoms. The molecule has 3 rings (SSSR count). The van der Waals surface area contributed by atoms with Crippen LogP contribution in [0, 0.1) is 13.8 Å². The van der Waals surface area contributed by atoms with E-state index in [0.29, 0.717) is 48.7 Å². The van der Waals surface area contributed by atoms with Crippen LogP contribution in [-0.2, 0) is 6.54 Å². The van der Waals surface area contributed by atoms with E-state index in [1.54, 1.807) is 13.8 Å². The summed E-state index contributed by atoms with van der Waals surface area (Å²) in [5.41, 5.74) is 0.646. The van der Waals surface area contributed by atoms with Crippen LogP contribution in [-0.4, -0.2) is 57.0 Å². The number of likely N-dealkylation sites (tertiary alicyclic amines) is 1. The highest BCUT2D eigenvalue weighted by atomic mass is 16.5.